The molecule has 4 N–H and O–H groups in total. The van der Waals surface area contributed by atoms with Crippen molar-refractivity contribution in [1.29, 1.82) is 0 Å². The highest BCUT2D eigenvalue weighted by molar-refractivity contribution is 7.90. The van der Waals surface area contributed by atoms with Crippen LogP contribution in [0.15, 0.2) is 29.2 Å². The number of amides is 2. The maximum absolute atomic E-state index is 12.1. The summed E-state index contributed by atoms with van der Waals surface area (Å²) in [5.41, 5.74) is 10.4. The first kappa shape index (κ1) is 12.5. The molecule has 0 aromatic heterocycles. The van der Waals surface area contributed by atoms with Gasteiger partial charge in [-0.15, -0.1) is 0 Å². The van der Waals surface area contributed by atoms with Crippen molar-refractivity contribution in [1.82, 2.24) is 4.31 Å². The Morgan fingerprint density at radius 2 is 1.94 bits per heavy atom. The summed E-state index contributed by atoms with van der Waals surface area (Å²) in [5, 5.41) is 0. The van der Waals surface area contributed by atoms with Crippen LogP contribution in [0.25, 0.3) is 0 Å². The first-order chi connectivity index (χ1) is 8.35. The number of hydrogen-bond acceptors (Lipinski definition) is 5. The quantitative estimate of drug-likeness (QED) is 0.701. The molecule has 2 rings (SSSR count). The third-order valence-electron chi connectivity index (χ3n) is 2.64. The fourth-order valence-corrected chi connectivity index (χ4v) is 3.27. The molecule has 0 spiro atoms. The molecule has 18 heavy (non-hydrogen) atoms. The minimum Gasteiger partial charge on any atom is -0.368 e. The van der Waals surface area contributed by atoms with E-state index in [0.717, 1.165) is 0 Å². The lowest BCUT2D eigenvalue weighted by atomic mass is 10.2. The Balaban J connectivity index is 2.43. The Hall–Kier alpha value is -1.93. The summed E-state index contributed by atoms with van der Waals surface area (Å²) in [6, 6.07) is 4.59. The molecule has 8 heteroatoms. The number of nitrogens with two attached hydrogens (primary N) is 2. The van der Waals surface area contributed by atoms with Crippen molar-refractivity contribution < 1.29 is 18.0 Å². The van der Waals surface area contributed by atoms with Crippen LogP contribution in [0.2, 0.25) is 0 Å². The topological polar surface area (TPSA) is 124 Å². The van der Waals surface area contributed by atoms with Gasteiger partial charge in [-0.25, -0.2) is 12.7 Å². The summed E-state index contributed by atoms with van der Waals surface area (Å²) in [4.78, 5) is 22.7. The monoisotopic (exact) mass is 269 g/mol. The molecule has 0 fully saturated rings. The number of carbonyl (C=O) groups is 2. The van der Waals surface area contributed by atoms with E-state index in [4.69, 9.17) is 11.5 Å². The van der Waals surface area contributed by atoms with Gasteiger partial charge in [-0.05, 0) is 12.1 Å². The van der Waals surface area contributed by atoms with Crippen LogP contribution >= 0.6 is 0 Å². The largest absolute Gasteiger partial charge is 0.368 e. The van der Waals surface area contributed by atoms with Crippen molar-refractivity contribution in [3.05, 3.63) is 29.8 Å². The molecule has 1 aromatic carbocycles. The van der Waals surface area contributed by atoms with Gasteiger partial charge in [0.2, 0.25) is 5.91 Å². The number of rotatable bonds is 3. The average Bonchev–Trinajstić information content (AvgIpc) is 2.51. The average molecular weight is 269 g/mol. The Kier molecular flexibility index (Phi) is 2.83. The van der Waals surface area contributed by atoms with Gasteiger partial charge in [0.05, 0.1) is 12.1 Å². The van der Waals surface area contributed by atoms with Crippen LogP contribution in [-0.4, -0.2) is 37.1 Å². The number of hydrogen-bond donors (Lipinski definition) is 2. The molecule has 96 valence electrons. The Bertz CT molecular complexity index is 626. The van der Waals surface area contributed by atoms with Crippen LogP contribution in [-0.2, 0) is 14.8 Å². The maximum Gasteiger partial charge on any atom is 0.269 e. The van der Waals surface area contributed by atoms with Gasteiger partial charge in [-0.1, -0.05) is 12.1 Å². The molecule has 1 unspecified atom stereocenters. The molecule has 0 aliphatic carbocycles. The molecule has 2 amide bonds. The molecule has 0 bridgehead atoms. The predicted molar refractivity (Wildman–Crippen MR) is 61.8 cm³/mol. The highest BCUT2D eigenvalue weighted by Crippen LogP contribution is 2.29. The minimum atomic E-state index is -3.93. The van der Waals surface area contributed by atoms with E-state index in [1.807, 2.05) is 0 Å². The van der Waals surface area contributed by atoms with E-state index < -0.39 is 34.4 Å². The van der Waals surface area contributed by atoms with Crippen LogP contribution in [0.4, 0.5) is 0 Å². The van der Waals surface area contributed by atoms with Crippen molar-refractivity contribution in [3.63, 3.8) is 0 Å². The normalized spacial score (nSPS) is 18.5. The van der Waals surface area contributed by atoms with E-state index in [9.17, 15) is 18.0 Å². The number of benzene rings is 1. The number of carbonyl (C=O) groups excluding carboxylic acids is 2. The van der Waals surface area contributed by atoms with E-state index in [1.165, 1.54) is 18.2 Å². The molecular weight excluding hydrogens is 258 g/mol. The van der Waals surface area contributed by atoms with Gasteiger partial charge in [-0.2, -0.15) is 0 Å². The zero-order valence-electron chi connectivity index (χ0n) is 9.24. The van der Waals surface area contributed by atoms with E-state index in [1.54, 1.807) is 6.07 Å². The predicted octanol–water partition coefficient (Wildman–Crippen LogP) is -1.36. The van der Waals surface area contributed by atoms with Crippen LogP contribution in [0.5, 0.6) is 0 Å². The summed E-state index contributed by atoms with van der Waals surface area (Å²) in [7, 11) is -3.93. The highest BCUT2D eigenvalue weighted by atomic mass is 32.2. The van der Waals surface area contributed by atoms with Crippen LogP contribution in [0.3, 0.4) is 0 Å². The van der Waals surface area contributed by atoms with E-state index in [0.29, 0.717) is 4.31 Å². The lowest BCUT2D eigenvalue weighted by molar-refractivity contribution is -0.119. The summed E-state index contributed by atoms with van der Waals surface area (Å²) in [5.74, 6) is -1.56. The van der Waals surface area contributed by atoms with Crippen molar-refractivity contribution in [2.45, 2.75) is 10.9 Å². The zero-order valence-corrected chi connectivity index (χ0v) is 10.1. The van der Waals surface area contributed by atoms with Gasteiger partial charge in [-0.3, -0.25) is 9.59 Å². The van der Waals surface area contributed by atoms with Crippen molar-refractivity contribution >= 4 is 21.8 Å². The second-order valence-corrected chi connectivity index (χ2v) is 5.68. The fraction of sp³-hybridized carbons (Fsp3) is 0.200. The molecule has 1 atom stereocenters. The van der Waals surface area contributed by atoms with Crippen molar-refractivity contribution in [2.24, 2.45) is 11.5 Å². The highest BCUT2D eigenvalue weighted by Gasteiger charge is 2.41. The fourth-order valence-electron chi connectivity index (χ4n) is 1.68. The van der Waals surface area contributed by atoms with Gasteiger partial charge < -0.3 is 11.5 Å². The molecule has 7 nitrogen and oxygen atoms in total. The van der Waals surface area contributed by atoms with E-state index in [2.05, 4.69) is 0 Å². The van der Waals surface area contributed by atoms with Gasteiger partial charge in [0.1, 0.15) is 10.9 Å². The summed E-state index contributed by atoms with van der Waals surface area (Å²) in [6.45, 7) is -0.453. The number of fused-ring (bicyclic) bond motifs is 1. The number of sulfonamides is 1. The van der Waals surface area contributed by atoms with E-state index >= 15 is 0 Å². The summed E-state index contributed by atoms with van der Waals surface area (Å²) >= 11 is 0. The minimum absolute atomic E-state index is 0.0772. The Labute approximate surface area is 103 Å². The van der Waals surface area contributed by atoms with Crippen molar-refractivity contribution in [3.8, 4) is 0 Å². The second kappa shape index (κ2) is 4.07. The van der Waals surface area contributed by atoms with Crippen LogP contribution in [0.1, 0.15) is 10.4 Å². The molecule has 1 aliphatic rings. The molecule has 1 aromatic rings. The lowest BCUT2D eigenvalue weighted by Crippen LogP contribution is -2.47. The Morgan fingerprint density at radius 3 is 2.50 bits per heavy atom. The summed E-state index contributed by atoms with van der Waals surface area (Å²) < 4.78 is 24.7. The zero-order chi connectivity index (χ0) is 13.5. The number of nitrogens with zero attached hydrogens (tertiary/aromatic N) is 1. The standard InChI is InChI=1S/C10H11N3O4S/c11-7(9(12)14)5-13-10(15)6-3-1-2-4-8(6)18(13,16)17/h1-4,7H,5,11H2,(H2,12,14). The van der Waals surface area contributed by atoms with Gasteiger partial charge in [0.15, 0.2) is 0 Å². The third kappa shape index (κ3) is 1.75. The number of primary amides is 1. The maximum atomic E-state index is 12.1. The molecule has 0 saturated heterocycles. The second-order valence-electron chi connectivity index (χ2n) is 3.85. The first-order valence-electron chi connectivity index (χ1n) is 5.06. The smallest absolute Gasteiger partial charge is 0.269 e. The van der Waals surface area contributed by atoms with Crippen LogP contribution in [0, 0.1) is 0 Å². The van der Waals surface area contributed by atoms with E-state index in [-0.39, 0.29) is 10.5 Å². The summed E-state index contributed by atoms with van der Waals surface area (Å²) in [6.07, 6.45) is 0. The van der Waals surface area contributed by atoms with Gasteiger partial charge in [0.25, 0.3) is 15.9 Å². The first-order valence-corrected chi connectivity index (χ1v) is 6.50. The molecule has 0 radical (unpaired) electrons. The SMILES string of the molecule is NC(=O)C(N)CN1C(=O)c2ccccc2S1(=O)=O. The molecule has 1 aliphatic heterocycles. The van der Waals surface area contributed by atoms with Crippen molar-refractivity contribution in [2.75, 3.05) is 6.54 Å². The molecule has 0 saturated carbocycles. The van der Waals surface area contributed by atoms with Gasteiger partial charge in [0, 0.05) is 0 Å². The van der Waals surface area contributed by atoms with Crippen LogP contribution < -0.4 is 11.5 Å². The third-order valence-corrected chi connectivity index (χ3v) is 4.45. The molecular formula is C10H11N3O4S. The molecule has 1 heterocycles. The lowest BCUT2D eigenvalue weighted by Gasteiger charge is -2.17. The Morgan fingerprint density at radius 1 is 1.33 bits per heavy atom. The van der Waals surface area contributed by atoms with Gasteiger partial charge >= 0.3 is 0 Å².